The van der Waals surface area contributed by atoms with Gasteiger partial charge in [0.2, 0.25) is 0 Å². The maximum absolute atomic E-state index is 8.95. The summed E-state index contributed by atoms with van der Waals surface area (Å²) in [5.41, 5.74) is 2.14. The summed E-state index contributed by atoms with van der Waals surface area (Å²) in [5.74, 6) is 0.539. The number of benzene rings is 2. The Balaban J connectivity index is 2.17. The van der Waals surface area contributed by atoms with Gasteiger partial charge >= 0.3 is 0 Å². The average molecular weight is 342 g/mol. The highest BCUT2D eigenvalue weighted by Crippen LogP contribution is 2.32. The van der Waals surface area contributed by atoms with Gasteiger partial charge in [0.1, 0.15) is 11.8 Å². The minimum absolute atomic E-state index is 0.409. The standard InChI is InChI=1S/C15H11Cl3N2O/c1-21-15-4-9(2-3-10(15)7-19)8-20-14-6-12(17)11(16)5-13(14)18/h2-6,20H,8H2,1H3. The Labute approximate surface area is 138 Å². The van der Waals surface area contributed by atoms with E-state index in [0.29, 0.717) is 38.6 Å². The molecule has 0 fully saturated rings. The number of rotatable bonds is 4. The van der Waals surface area contributed by atoms with Crippen LogP contribution < -0.4 is 10.1 Å². The van der Waals surface area contributed by atoms with Crippen LogP contribution in [0.1, 0.15) is 11.1 Å². The molecule has 0 bridgehead atoms. The molecule has 0 atom stereocenters. The number of hydrogen-bond donors (Lipinski definition) is 1. The van der Waals surface area contributed by atoms with Crippen LogP contribution in [0.2, 0.25) is 15.1 Å². The van der Waals surface area contributed by atoms with Crippen molar-refractivity contribution in [3.8, 4) is 11.8 Å². The largest absolute Gasteiger partial charge is 0.495 e. The molecule has 0 saturated heterocycles. The molecular formula is C15H11Cl3N2O. The average Bonchev–Trinajstić information content (AvgIpc) is 2.49. The minimum Gasteiger partial charge on any atom is -0.495 e. The Morgan fingerprint density at radius 1 is 1.10 bits per heavy atom. The van der Waals surface area contributed by atoms with Crippen molar-refractivity contribution in [2.24, 2.45) is 0 Å². The van der Waals surface area contributed by atoms with Crippen molar-refractivity contribution in [3.05, 3.63) is 56.5 Å². The molecule has 108 valence electrons. The molecule has 0 saturated carbocycles. The summed E-state index contributed by atoms with van der Waals surface area (Å²) in [6, 6.07) is 10.7. The summed E-state index contributed by atoms with van der Waals surface area (Å²) in [6.07, 6.45) is 0. The van der Waals surface area contributed by atoms with E-state index in [1.54, 1.807) is 24.3 Å². The number of halogens is 3. The Bertz CT molecular complexity index is 711. The van der Waals surface area contributed by atoms with Crippen molar-refractivity contribution in [3.63, 3.8) is 0 Å². The van der Waals surface area contributed by atoms with Crippen LogP contribution in [0.4, 0.5) is 5.69 Å². The number of hydrogen-bond acceptors (Lipinski definition) is 3. The molecule has 0 unspecified atom stereocenters. The quantitative estimate of drug-likeness (QED) is 0.783. The molecule has 0 aliphatic carbocycles. The van der Waals surface area contributed by atoms with Gasteiger partial charge in [0.25, 0.3) is 0 Å². The number of nitrogens with zero attached hydrogens (tertiary/aromatic N) is 1. The molecule has 1 N–H and O–H groups in total. The fourth-order valence-electron chi connectivity index (χ4n) is 1.79. The first kappa shape index (κ1) is 15.8. The van der Waals surface area contributed by atoms with E-state index in [0.717, 1.165) is 5.56 Å². The highest BCUT2D eigenvalue weighted by Gasteiger charge is 2.07. The highest BCUT2D eigenvalue weighted by molar-refractivity contribution is 6.44. The van der Waals surface area contributed by atoms with Crippen molar-refractivity contribution >= 4 is 40.5 Å². The maximum Gasteiger partial charge on any atom is 0.136 e. The van der Waals surface area contributed by atoms with Gasteiger partial charge in [0.15, 0.2) is 0 Å². The van der Waals surface area contributed by atoms with Crippen LogP contribution in [-0.2, 0) is 6.54 Å². The highest BCUT2D eigenvalue weighted by atomic mass is 35.5. The van der Waals surface area contributed by atoms with Crippen LogP contribution in [0.15, 0.2) is 30.3 Å². The first-order chi connectivity index (χ1) is 10.0. The van der Waals surface area contributed by atoms with Crippen LogP contribution in [0.3, 0.4) is 0 Å². The van der Waals surface area contributed by atoms with E-state index in [4.69, 9.17) is 44.8 Å². The summed E-state index contributed by atoms with van der Waals surface area (Å²) >= 11 is 18.0. The zero-order valence-electron chi connectivity index (χ0n) is 11.1. The molecule has 0 heterocycles. The Hall–Kier alpha value is -1.60. The SMILES string of the molecule is COc1cc(CNc2cc(Cl)c(Cl)cc2Cl)ccc1C#N. The number of nitriles is 1. The summed E-state index contributed by atoms with van der Waals surface area (Å²) in [4.78, 5) is 0. The van der Waals surface area contributed by atoms with Gasteiger partial charge in [0, 0.05) is 6.54 Å². The molecule has 3 nitrogen and oxygen atoms in total. The fourth-order valence-corrected chi connectivity index (χ4v) is 2.41. The van der Waals surface area contributed by atoms with Crippen molar-refractivity contribution in [1.82, 2.24) is 0 Å². The number of nitrogens with one attached hydrogen (secondary N) is 1. The van der Waals surface area contributed by atoms with Crippen molar-refractivity contribution < 1.29 is 4.74 Å². The second-order valence-electron chi connectivity index (χ2n) is 4.25. The molecule has 0 amide bonds. The van der Waals surface area contributed by atoms with Crippen LogP contribution >= 0.6 is 34.8 Å². The summed E-state index contributed by atoms with van der Waals surface area (Å²) < 4.78 is 5.17. The van der Waals surface area contributed by atoms with E-state index >= 15 is 0 Å². The molecule has 0 aromatic heterocycles. The number of anilines is 1. The lowest BCUT2D eigenvalue weighted by Gasteiger charge is -2.11. The Morgan fingerprint density at radius 2 is 1.81 bits per heavy atom. The monoisotopic (exact) mass is 340 g/mol. The maximum atomic E-state index is 8.95. The van der Waals surface area contributed by atoms with Gasteiger partial charge in [0.05, 0.1) is 33.4 Å². The molecule has 2 aromatic rings. The molecule has 21 heavy (non-hydrogen) atoms. The second-order valence-corrected chi connectivity index (χ2v) is 5.47. The second kappa shape index (κ2) is 6.91. The van der Waals surface area contributed by atoms with Gasteiger partial charge in [-0.1, -0.05) is 40.9 Å². The van der Waals surface area contributed by atoms with E-state index in [1.807, 2.05) is 6.07 Å². The number of ether oxygens (including phenoxy) is 1. The normalized spacial score (nSPS) is 10.0. The van der Waals surface area contributed by atoms with Crippen LogP contribution in [0, 0.1) is 11.3 Å². The lowest BCUT2D eigenvalue weighted by molar-refractivity contribution is 0.413. The molecule has 0 radical (unpaired) electrons. The summed E-state index contributed by atoms with van der Waals surface area (Å²) in [6.45, 7) is 0.514. The fraction of sp³-hybridized carbons (Fsp3) is 0.133. The Morgan fingerprint density at radius 3 is 2.48 bits per heavy atom. The third-order valence-electron chi connectivity index (χ3n) is 2.88. The van der Waals surface area contributed by atoms with Gasteiger partial charge in [-0.3, -0.25) is 0 Å². The molecule has 0 spiro atoms. The zero-order valence-corrected chi connectivity index (χ0v) is 13.4. The van der Waals surface area contributed by atoms with Crippen LogP contribution in [0.25, 0.3) is 0 Å². The molecule has 6 heteroatoms. The first-order valence-corrected chi connectivity index (χ1v) is 7.14. The minimum atomic E-state index is 0.409. The van der Waals surface area contributed by atoms with Gasteiger partial charge in [-0.15, -0.1) is 0 Å². The molecule has 2 aromatic carbocycles. The molecule has 0 aliphatic heterocycles. The summed E-state index contributed by atoms with van der Waals surface area (Å²) in [7, 11) is 1.53. The van der Waals surface area contributed by atoms with Crippen LogP contribution in [0.5, 0.6) is 5.75 Å². The van der Waals surface area contributed by atoms with E-state index in [-0.39, 0.29) is 0 Å². The van der Waals surface area contributed by atoms with E-state index < -0.39 is 0 Å². The van der Waals surface area contributed by atoms with Gasteiger partial charge in [-0.05, 0) is 29.8 Å². The number of methoxy groups -OCH3 is 1. The Kier molecular flexibility index (Phi) is 5.19. The topological polar surface area (TPSA) is 45.0 Å². The molecular weight excluding hydrogens is 331 g/mol. The third kappa shape index (κ3) is 3.74. The zero-order chi connectivity index (χ0) is 15.4. The first-order valence-electron chi connectivity index (χ1n) is 6.00. The van der Waals surface area contributed by atoms with Crippen molar-refractivity contribution in [2.75, 3.05) is 12.4 Å². The lowest BCUT2D eigenvalue weighted by atomic mass is 10.1. The smallest absolute Gasteiger partial charge is 0.136 e. The van der Waals surface area contributed by atoms with E-state index in [1.165, 1.54) is 7.11 Å². The lowest BCUT2D eigenvalue weighted by Crippen LogP contribution is -2.01. The van der Waals surface area contributed by atoms with Crippen molar-refractivity contribution in [2.45, 2.75) is 6.54 Å². The predicted octanol–water partition coefficient (Wildman–Crippen LogP) is 5.14. The summed E-state index contributed by atoms with van der Waals surface area (Å²) in [5, 5.41) is 13.5. The molecule has 0 aliphatic rings. The third-order valence-corrected chi connectivity index (χ3v) is 3.91. The van der Waals surface area contributed by atoms with Crippen molar-refractivity contribution in [1.29, 1.82) is 5.26 Å². The van der Waals surface area contributed by atoms with E-state index in [9.17, 15) is 0 Å². The van der Waals surface area contributed by atoms with E-state index in [2.05, 4.69) is 11.4 Å². The van der Waals surface area contributed by atoms with Gasteiger partial charge in [-0.25, -0.2) is 0 Å². The molecule has 2 rings (SSSR count). The van der Waals surface area contributed by atoms with Crippen LogP contribution in [-0.4, -0.2) is 7.11 Å². The predicted molar refractivity (Wildman–Crippen MR) is 86.5 cm³/mol. The van der Waals surface area contributed by atoms with Gasteiger partial charge in [-0.2, -0.15) is 5.26 Å². The van der Waals surface area contributed by atoms with Gasteiger partial charge < -0.3 is 10.1 Å².